The van der Waals surface area contributed by atoms with E-state index in [4.69, 9.17) is 20.3 Å². The molecular weight excluding hydrogens is 150 g/mol. The maximum absolute atomic E-state index is 10.8. The zero-order valence-corrected chi connectivity index (χ0v) is 6.03. The van der Waals surface area contributed by atoms with Crippen molar-refractivity contribution >= 4 is 5.97 Å². The van der Waals surface area contributed by atoms with Crippen molar-refractivity contribution in [2.45, 2.75) is 12.2 Å². The molecule has 1 aliphatic rings. The lowest BCUT2D eigenvalue weighted by Crippen LogP contribution is -2.42. The van der Waals surface area contributed by atoms with Crippen LogP contribution in [0.25, 0.3) is 0 Å². The van der Waals surface area contributed by atoms with Gasteiger partial charge in [0.2, 0.25) is 0 Å². The zero-order chi connectivity index (χ0) is 8.27. The zero-order valence-electron chi connectivity index (χ0n) is 6.03. The lowest BCUT2D eigenvalue weighted by Gasteiger charge is -2.26. The molecule has 1 saturated heterocycles. The van der Waals surface area contributed by atoms with Gasteiger partial charge in [-0.15, -0.1) is 0 Å². The summed E-state index contributed by atoms with van der Waals surface area (Å²) in [6.45, 7) is 0.735. The van der Waals surface area contributed by atoms with Crippen molar-refractivity contribution in [3.63, 3.8) is 0 Å². The van der Waals surface area contributed by atoms with Gasteiger partial charge in [-0.1, -0.05) is 0 Å². The Labute approximate surface area is 64.1 Å². The van der Waals surface area contributed by atoms with Crippen LogP contribution in [0.1, 0.15) is 0 Å². The number of rotatable bonds is 3. The van der Waals surface area contributed by atoms with Crippen LogP contribution in [-0.2, 0) is 14.3 Å². The van der Waals surface area contributed by atoms with Gasteiger partial charge in [-0.2, -0.15) is 0 Å². The number of carbonyl (C=O) groups is 1. The minimum atomic E-state index is -1.20. The summed E-state index contributed by atoms with van der Waals surface area (Å²) in [4.78, 5) is 10.8. The van der Waals surface area contributed by atoms with Gasteiger partial charge in [-0.05, 0) is 0 Å². The van der Waals surface area contributed by atoms with E-state index in [1.165, 1.54) is 0 Å². The van der Waals surface area contributed by atoms with Crippen LogP contribution in [0.3, 0.4) is 0 Å². The molecule has 5 nitrogen and oxygen atoms in total. The number of aliphatic hydroxyl groups is 1. The van der Waals surface area contributed by atoms with Gasteiger partial charge in [0.05, 0.1) is 13.2 Å². The number of hydrogen-bond acceptors (Lipinski definition) is 5. The summed E-state index contributed by atoms with van der Waals surface area (Å²) in [5, 5.41) is 8.85. The molecule has 1 aliphatic heterocycles. The molecule has 0 saturated carbocycles. The Hall–Kier alpha value is -0.650. The predicted molar refractivity (Wildman–Crippen MR) is 35.8 cm³/mol. The summed E-state index contributed by atoms with van der Waals surface area (Å²) >= 11 is 0. The number of carbonyl (C=O) groups excluding carboxylic acids is 1. The van der Waals surface area contributed by atoms with Crippen molar-refractivity contribution < 1.29 is 19.4 Å². The Morgan fingerprint density at radius 2 is 2.45 bits per heavy atom. The van der Waals surface area contributed by atoms with Crippen LogP contribution in [0.4, 0.5) is 0 Å². The number of esters is 1. The highest BCUT2D eigenvalue weighted by atomic mass is 16.6. The molecule has 64 valence electrons. The van der Waals surface area contributed by atoms with Gasteiger partial charge in [0.1, 0.15) is 6.10 Å². The topological polar surface area (TPSA) is 81.8 Å². The summed E-state index contributed by atoms with van der Waals surface area (Å²) in [5.74, 6) is -0.666. The van der Waals surface area contributed by atoms with E-state index in [0.29, 0.717) is 13.2 Å². The van der Waals surface area contributed by atoms with E-state index in [1.807, 2.05) is 0 Å². The lowest BCUT2D eigenvalue weighted by atomic mass is 10.3. The van der Waals surface area contributed by atoms with Crippen LogP contribution in [-0.4, -0.2) is 43.0 Å². The standard InChI is InChI=1S/C6H11NO4/c7-1-5(8)6(9)11-4-2-10-3-4/h4-5,8H,1-3,7H2. The molecule has 5 heteroatoms. The molecule has 0 bridgehead atoms. The number of hydrogen-bond donors (Lipinski definition) is 2. The molecule has 1 heterocycles. The van der Waals surface area contributed by atoms with Crippen LogP contribution in [0.15, 0.2) is 0 Å². The normalized spacial score (nSPS) is 20.5. The van der Waals surface area contributed by atoms with E-state index >= 15 is 0 Å². The van der Waals surface area contributed by atoms with Crippen molar-refractivity contribution in [1.29, 1.82) is 0 Å². The molecule has 3 N–H and O–H groups in total. The Bertz CT molecular complexity index is 146. The van der Waals surface area contributed by atoms with Gasteiger partial charge in [-0.3, -0.25) is 0 Å². The maximum Gasteiger partial charge on any atom is 0.336 e. The second kappa shape index (κ2) is 3.66. The van der Waals surface area contributed by atoms with E-state index in [2.05, 4.69) is 0 Å². The molecule has 0 aromatic rings. The quantitative estimate of drug-likeness (QED) is 0.479. The molecule has 0 aromatic heterocycles. The first kappa shape index (κ1) is 8.45. The second-order valence-corrected chi connectivity index (χ2v) is 2.35. The Morgan fingerprint density at radius 1 is 1.82 bits per heavy atom. The van der Waals surface area contributed by atoms with Crippen LogP contribution >= 0.6 is 0 Å². The molecule has 1 rings (SSSR count). The fourth-order valence-electron chi connectivity index (χ4n) is 0.621. The average molecular weight is 161 g/mol. The Kier molecular flexibility index (Phi) is 2.81. The third kappa shape index (κ3) is 2.14. The SMILES string of the molecule is NCC(O)C(=O)OC1COC1. The third-order valence-electron chi connectivity index (χ3n) is 1.39. The van der Waals surface area contributed by atoms with E-state index in [9.17, 15) is 4.79 Å². The molecule has 1 atom stereocenters. The fourth-order valence-corrected chi connectivity index (χ4v) is 0.621. The second-order valence-electron chi connectivity index (χ2n) is 2.35. The molecule has 1 unspecified atom stereocenters. The van der Waals surface area contributed by atoms with Gasteiger partial charge in [0.25, 0.3) is 0 Å². The van der Waals surface area contributed by atoms with Gasteiger partial charge >= 0.3 is 5.97 Å². The molecule has 0 spiro atoms. The van der Waals surface area contributed by atoms with E-state index in [0.717, 1.165) is 0 Å². The summed E-state index contributed by atoms with van der Waals surface area (Å²) in [5.41, 5.74) is 5.03. The molecule has 0 radical (unpaired) electrons. The molecule has 1 fully saturated rings. The van der Waals surface area contributed by atoms with Crippen molar-refractivity contribution in [3.05, 3.63) is 0 Å². The minimum absolute atomic E-state index is 0.105. The molecular formula is C6H11NO4. The Balaban J connectivity index is 2.19. The molecule has 0 aliphatic carbocycles. The van der Waals surface area contributed by atoms with Crippen molar-refractivity contribution in [2.24, 2.45) is 5.73 Å². The third-order valence-corrected chi connectivity index (χ3v) is 1.39. The highest BCUT2D eigenvalue weighted by Gasteiger charge is 2.25. The highest BCUT2D eigenvalue weighted by molar-refractivity contribution is 5.74. The van der Waals surface area contributed by atoms with Crippen molar-refractivity contribution in [3.8, 4) is 0 Å². The van der Waals surface area contributed by atoms with Gasteiger partial charge in [0.15, 0.2) is 6.10 Å². The first-order valence-corrected chi connectivity index (χ1v) is 3.40. The predicted octanol–water partition coefficient (Wildman–Crippen LogP) is -1.75. The van der Waals surface area contributed by atoms with Crippen LogP contribution < -0.4 is 5.73 Å². The number of nitrogens with two attached hydrogens (primary N) is 1. The summed E-state index contributed by atoms with van der Waals surface area (Å²) in [6.07, 6.45) is -1.39. The van der Waals surface area contributed by atoms with Crippen molar-refractivity contribution in [2.75, 3.05) is 19.8 Å². The summed E-state index contributed by atoms with van der Waals surface area (Å²) in [6, 6.07) is 0. The van der Waals surface area contributed by atoms with Crippen molar-refractivity contribution in [1.82, 2.24) is 0 Å². The van der Waals surface area contributed by atoms with E-state index in [1.54, 1.807) is 0 Å². The summed E-state index contributed by atoms with van der Waals surface area (Å²) in [7, 11) is 0. The number of ether oxygens (including phenoxy) is 2. The van der Waals surface area contributed by atoms with E-state index in [-0.39, 0.29) is 12.6 Å². The molecule has 0 aromatic carbocycles. The first-order chi connectivity index (χ1) is 5.24. The van der Waals surface area contributed by atoms with Crippen LogP contribution in [0, 0.1) is 0 Å². The van der Waals surface area contributed by atoms with E-state index < -0.39 is 12.1 Å². The van der Waals surface area contributed by atoms with Crippen LogP contribution in [0.5, 0.6) is 0 Å². The van der Waals surface area contributed by atoms with Gasteiger partial charge < -0.3 is 20.3 Å². The average Bonchev–Trinajstić information content (AvgIpc) is 1.94. The fraction of sp³-hybridized carbons (Fsp3) is 0.833. The van der Waals surface area contributed by atoms with Crippen LogP contribution in [0.2, 0.25) is 0 Å². The molecule has 11 heavy (non-hydrogen) atoms. The lowest BCUT2D eigenvalue weighted by molar-refractivity contribution is -0.180. The number of aliphatic hydroxyl groups excluding tert-OH is 1. The highest BCUT2D eigenvalue weighted by Crippen LogP contribution is 2.06. The largest absolute Gasteiger partial charge is 0.455 e. The Morgan fingerprint density at radius 3 is 2.82 bits per heavy atom. The summed E-state index contributed by atoms with van der Waals surface area (Å²) < 4.78 is 9.50. The molecule has 0 amide bonds. The first-order valence-electron chi connectivity index (χ1n) is 3.40. The monoisotopic (exact) mass is 161 g/mol. The minimum Gasteiger partial charge on any atom is -0.455 e. The smallest absolute Gasteiger partial charge is 0.336 e. The maximum atomic E-state index is 10.8. The van der Waals surface area contributed by atoms with Gasteiger partial charge in [-0.25, -0.2) is 4.79 Å². The van der Waals surface area contributed by atoms with Gasteiger partial charge in [0, 0.05) is 6.54 Å².